The van der Waals surface area contributed by atoms with Crippen LogP contribution >= 0.6 is 11.8 Å². The van der Waals surface area contributed by atoms with Crippen LogP contribution in [0.2, 0.25) is 0 Å². The number of hydrogen-bond acceptors (Lipinski definition) is 5. The molecular formula is C12H15N3OS. The van der Waals surface area contributed by atoms with Crippen molar-refractivity contribution >= 4 is 11.8 Å². The van der Waals surface area contributed by atoms with Crippen molar-refractivity contribution in [1.29, 1.82) is 0 Å². The Bertz CT molecular complexity index is 444. The van der Waals surface area contributed by atoms with E-state index in [0.717, 1.165) is 18.7 Å². The third kappa shape index (κ3) is 3.87. The molecule has 4 nitrogen and oxygen atoms in total. The highest BCUT2D eigenvalue weighted by atomic mass is 32.2. The molecule has 0 saturated carbocycles. The van der Waals surface area contributed by atoms with Crippen LogP contribution in [0.15, 0.2) is 39.8 Å². The number of nitrogens with zero attached hydrogens (tertiary/aromatic N) is 2. The lowest BCUT2D eigenvalue weighted by molar-refractivity contribution is 0.384. The predicted molar refractivity (Wildman–Crippen MR) is 67.7 cm³/mol. The molecule has 17 heavy (non-hydrogen) atoms. The van der Waals surface area contributed by atoms with Crippen LogP contribution in [-0.2, 0) is 12.2 Å². The van der Waals surface area contributed by atoms with Crippen LogP contribution in [-0.4, -0.2) is 16.7 Å². The van der Waals surface area contributed by atoms with Gasteiger partial charge in [-0.15, -0.1) is 11.8 Å². The van der Waals surface area contributed by atoms with E-state index in [1.165, 1.54) is 4.90 Å². The quantitative estimate of drug-likeness (QED) is 0.795. The molecule has 2 rings (SSSR count). The normalized spacial score (nSPS) is 10.6. The smallest absolute Gasteiger partial charge is 0.237 e. The van der Waals surface area contributed by atoms with Gasteiger partial charge in [-0.1, -0.05) is 23.4 Å². The average Bonchev–Trinajstić information content (AvgIpc) is 2.83. The number of hydrogen-bond donors (Lipinski definition) is 1. The van der Waals surface area contributed by atoms with Crippen molar-refractivity contribution in [2.45, 2.75) is 23.5 Å². The maximum Gasteiger partial charge on any atom is 0.237 e. The highest BCUT2D eigenvalue weighted by Crippen LogP contribution is 2.21. The van der Waals surface area contributed by atoms with Crippen LogP contribution in [0.5, 0.6) is 0 Å². The molecule has 90 valence electrons. The van der Waals surface area contributed by atoms with Crippen molar-refractivity contribution in [3.8, 4) is 0 Å². The van der Waals surface area contributed by atoms with Gasteiger partial charge in [0.05, 0.1) is 5.75 Å². The Labute approximate surface area is 105 Å². The van der Waals surface area contributed by atoms with Gasteiger partial charge in [0.2, 0.25) is 5.89 Å². The summed E-state index contributed by atoms with van der Waals surface area (Å²) in [7, 11) is 0. The predicted octanol–water partition coefficient (Wildman–Crippen LogP) is 2.25. The lowest BCUT2D eigenvalue weighted by Gasteiger charge is -1.96. The molecule has 0 amide bonds. The Morgan fingerprint density at radius 3 is 2.82 bits per heavy atom. The molecule has 0 bridgehead atoms. The zero-order chi connectivity index (χ0) is 11.9. The first-order valence-electron chi connectivity index (χ1n) is 5.58. The number of aromatic nitrogens is 2. The van der Waals surface area contributed by atoms with Gasteiger partial charge in [-0.2, -0.15) is 4.98 Å². The van der Waals surface area contributed by atoms with Crippen LogP contribution < -0.4 is 5.73 Å². The highest BCUT2D eigenvalue weighted by molar-refractivity contribution is 7.98. The first-order chi connectivity index (χ1) is 8.38. The van der Waals surface area contributed by atoms with Crippen LogP contribution in [0.4, 0.5) is 0 Å². The topological polar surface area (TPSA) is 64.9 Å². The molecule has 0 fully saturated rings. The Balaban J connectivity index is 1.85. The largest absolute Gasteiger partial charge is 0.338 e. The van der Waals surface area contributed by atoms with E-state index in [1.54, 1.807) is 11.8 Å². The summed E-state index contributed by atoms with van der Waals surface area (Å²) in [6, 6.07) is 10.2. The SMILES string of the molecule is NCCCc1noc(CSc2ccccc2)n1. The minimum atomic E-state index is 0.655. The molecule has 0 aliphatic rings. The number of nitrogens with two attached hydrogens (primary N) is 1. The lowest BCUT2D eigenvalue weighted by atomic mass is 10.3. The average molecular weight is 249 g/mol. The molecular weight excluding hydrogens is 234 g/mol. The Kier molecular flexibility index (Phi) is 4.58. The summed E-state index contributed by atoms with van der Waals surface area (Å²) < 4.78 is 5.16. The van der Waals surface area contributed by atoms with E-state index in [2.05, 4.69) is 22.3 Å². The van der Waals surface area contributed by atoms with Gasteiger partial charge in [0.25, 0.3) is 0 Å². The zero-order valence-electron chi connectivity index (χ0n) is 9.50. The van der Waals surface area contributed by atoms with Crippen molar-refractivity contribution in [1.82, 2.24) is 10.1 Å². The second-order valence-corrected chi connectivity index (χ2v) is 4.65. The standard InChI is InChI=1S/C12H15N3OS/c13-8-4-7-11-14-12(16-15-11)9-17-10-5-2-1-3-6-10/h1-3,5-6H,4,7-9,13H2. The van der Waals surface area contributed by atoms with Crippen molar-refractivity contribution in [3.63, 3.8) is 0 Å². The molecule has 0 saturated heterocycles. The van der Waals surface area contributed by atoms with Crippen molar-refractivity contribution in [2.75, 3.05) is 6.54 Å². The van der Waals surface area contributed by atoms with Gasteiger partial charge >= 0.3 is 0 Å². The second kappa shape index (κ2) is 6.42. The van der Waals surface area contributed by atoms with E-state index in [1.807, 2.05) is 18.2 Å². The highest BCUT2D eigenvalue weighted by Gasteiger charge is 2.06. The summed E-state index contributed by atoms with van der Waals surface area (Å²) in [4.78, 5) is 5.51. The minimum Gasteiger partial charge on any atom is -0.338 e. The van der Waals surface area contributed by atoms with Crippen LogP contribution in [0, 0.1) is 0 Å². The summed E-state index contributed by atoms with van der Waals surface area (Å²) in [5.41, 5.74) is 5.43. The van der Waals surface area contributed by atoms with Gasteiger partial charge in [0.1, 0.15) is 0 Å². The number of thioether (sulfide) groups is 1. The minimum absolute atomic E-state index is 0.655. The first-order valence-corrected chi connectivity index (χ1v) is 6.56. The summed E-state index contributed by atoms with van der Waals surface area (Å²) in [5.74, 6) is 2.13. The van der Waals surface area contributed by atoms with Gasteiger partial charge in [-0.3, -0.25) is 0 Å². The number of benzene rings is 1. The lowest BCUT2D eigenvalue weighted by Crippen LogP contribution is -2.01. The van der Waals surface area contributed by atoms with E-state index in [-0.39, 0.29) is 0 Å². The third-order valence-corrected chi connectivity index (χ3v) is 3.22. The molecule has 0 unspecified atom stereocenters. The van der Waals surface area contributed by atoms with Gasteiger partial charge in [-0.25, -0.2) is 0 Å². The van der Waals surface area contributed by atoms with Gasteiger partial charge < -0.3 is 10.3 Å². The molecule has 2 N–H and O–H groups in total. The van der Waals surface area contributed by atoms with Crippen LogP contribution in [0.3, 0.4) is 0 Å². The maximum atomic E-state index is 5.43. The Hall–Kier alpha value is -1.33. The molecule has 1 aromatic heterocycles. The van der Waals surface area contributed by atoms with E-state index in [0.29, 0.717) is 18.2 Å². The third-order valence-electron chi connectivity index (χ3n) is 2.22. The molecule has 0 spiro atoms. The van der Waals surface area contributed by atoms with E-state index in [9.17, 15) is 0 Å². The fourth-order valence-electron chi connectivity index (χ4n) is 1.37. The fraction of sp³-hybridized carbons (Fsp3) is 0.333. The summed E-state index contributed by atoms with van der Waals surface area (Å²) >= 11 is 1.69. The zero-order valence-corrected chi connectivity index (χ0v) is 10.3. The van der Waals surface area contributed by atoms with Crippen molar-refractivity contribution in [2.24, 2.45) is 5.73 Å². The van der Waals surface area contributed by atoms with Gasteiger partial charge in [0, 0.05) is 11.3 Å². The van der Waals surface area contributed by atoms with E-state index in [4.69, 9.17) is 10.3 Å². The maximum absolute atomic E-state index is 5.43. The molecule has 1 heterocycles. The Morgan fingerprint density at radius 1 is 1.24 bits per heavy atom. The molecule has 0 radical (unpaired) electrons. The second-order valence-electron chi connectivity index (χ2n) is 3.60. The van der Waals surface area contributed by atoms with E-state index >= 15 is 0 Å². The van der Waals surface area contributed by atoms with Gasteiger partial charge in [-0.05, 0) is 25.1 Å². The van der Waals surface area contributed by atoms with Gasteiger partial charge in [0.15, 0.2) is 5.82 Å². The summed E-state index contributed by atoms with van der Waals surface area (Å²) in [5, 5.41) is 3.91. The first kappa shape index (κ1) is 12.1. The number of aryl methyl sites for hydroxylation is 1. The molecule has 5 heteroatoms. The van der Waals surface area contributed by atoms with E-state index < -0.39 is 0 Å². The Morgan fingerprint density at radius 2 is 2.06 bits per heavy atom. The summed E-state index contributed by atoms with van der Waals surface area (Å²) in [6.07, 6.45) is 1.68. The monoisotopic (exact) mass is 249 g/mol. The molecule has 2 aromatic rings. The fourth-order valence-corrected chi connectivity index (χ4v) is 2.13. The van der Waals surface area contributed by atoms with Crippen LogP contribution in [0.25, 0.3) is 0 Å². The molecule has 0 aliphatic heterocycles. The number of rotatable bonds is 6. The van der Waals surface area contributed by atoms with Crippen molar-refractivity contribution < 1.29 is 4.52 Å². The van der Waals surface area contributed by atoms with Crippen LogP contribution in [0.1, 0.15) is 18.1 Å². The van der Waals surface area contributed by atoms with Crippen molar-refractivity contribution in [3.05, 3.63) is 42.0 Å². The molecule has 1 aromatic carbocycles. The summed E-state index contributed by atoms with van der Waals surface area (Å²) in [6.45, 7) is 0.655. The molecule has 0 aliphatic carbocycles. The molecule has 0 atom stereocenters.